The average Bonchev–Trinajstić information content (AvgIpc) is 2.71. The van der Waals surface area contributed by atoms with E-state index >= 15 is 0 Å². The normalized spacial score (nSPS) is 15.4. The Hall–Kier alpha value is -1.60. The second-order valence-corrected chi connectivity index (χ2v) is 9.99. The molecule has 8 heteroatoms. The van der Waals surface area contributed by atoms with Crippen molar-refractivity contribution in [2.45, 2.75) is 49.6 Å². The summed E-state index contributed by atoms with van der Waals surface area (Å²) in [5, 5.41) is 3.72. The van der Waals surface area contributed by atoms with Gasteiger partial charge in [-0.1, -0.05) is 66.7 Å². The molecule has 1 N–H and O–H groups in total. The van der Waals surface area contributed by atoms with E-state index in [0.717, 1.165) is 25.7 Å². The Morgan fingerprint density at radius 1 is 1.00 bits per heavy atom. The molecule has 0 aliphatic heterocycles. The zero-order valence-electron chi connectivity index (χ0n) is 16.0. The van der Waals surface area contributed by atoms with Crippen molar-refractivity contribution < 1.29 is 13.2 Å². The van der Waals surface area contributed by atoms with Crippen molar-refractivity contribution in [2.75, 3.05) is 6.54 Å². The highest BCUT2D eigenvalue weighted by atomic mass is 35.5. The summed E-state index contributed by atoms with van der Waals surface area (Å²) in [6, 6.07) is 13.2. The summed E-state index contributed by atoms with van der Waals surface area (Å²) in [4.78, 5) is 12.8. The lowest BCUT2D eigenvalue weighted by Crippen LogP contribution is -2.44. The average molecular weight is 455 g/mol. The highest BCUT2D eigenvalue weighted by Gasteiger charge is 2.28. The molecule has 0 atom stereocenters. The molecule has 1 aliphatic carbocycles. The molecule has 0 aromatic heterocycles. The highest BCUT2D eigenvalue weighted by molar-refractivity contribution is 7.89. The molecule has 0 radical (unpaired) electrons. The first kappa shape index (κ1) is 22.1. The van der Waals surface area contributed by atoms with E-state index in [1.807, 2.05) is 0 Å². The van der Waals surface area contributed by atoms with Gasteiger partial charge >= 0.3 is 0 Å². The highest BCUT2D eigenvalue weighted by Crippen LogP contribution is 2.25. The number of hydrogen-bond acceptors (Lipinski definition) is 3. The van der Waals surface area contributed by atoms with Crippen LogP contribution >= 0.6 is 23.2 Å². The van der Waals surface area contributed by atoms with Crippen LogP contribution in [0.5, 0.6) is 0 Å². The Balaban J connectivity index is 1.82. The Labute approximate surface area is 182 Å². The van der Waals surface area contributed by atoms with Gasteiger partial charge in [0.15, 0.2) is 0 Å². The van der Waals surface area contributed by atoms with Gasteiger partial charge in [0.05, 0.1) is 21.5 Å². The van der Waals surface area contributed by atoms with E-state index in [2.05, 4.69) is 5.32 Å². The third kappa shape index (κ3) is 5.95. The number of hydrogen-bond donors (Lipinski definition) is 1. The van der Waals surface area contributed by atoms with Crippen LogP contribution in [0.15, 0.2) is 53.4 Å². The van der Waals surface area contributed by atoms with Gasteiger partial charge in [-0.3, -0.25) is 4.79 Å². The number of amides is 1. The van der Waals surface area contributed by atoms with Gasteiger partial charge in [-0.05, 0) is 42.7 Å². The quantitative estimate of drug-likeness (QED) is 0.662. The number of nitrogens with zero attached hydrogens (tertiary/aromatic N) is 1. The van der Waals surface area contributed by atoms with E-state index in [-0.39, 0.29) is 29.9 Å². The summed E-state index contributed by atoms with van der Waals surface area (Å²) in [6.07, 6.45) is 5.21. The number of rotatable bonds is 7. The fourth-order valence-corrected chi connectivity index (χ4v) is 5.22. The van der Waals surface area contributed by atoms with Crippen LogP contribution in [0.2, 0.25) is 10.0 Å². The van der Waals surface area contributed by atoms with E-state index in [1.165, 1.54) is 22.9 Å². The van der Waals surface area contributed by atoms with Crippen LogP contribution in [0.3, 0.4) is 0 Å². The van der Waals surface area contributed by atoms with Crippen molar-refractivity contribution in [3.63, 3.8) is 0 Å². The van der Waals surface area contributed by atoms with E-state index in [4.69, 9.17) is 23.2 Å². The van der Waals surface area contributed by atoms with Crippen molar-refractivity contribution in [3.05, 3.63) is 64.1 Å². The zero-order valence-corrected chi connectivity index (χ0v) is 18.3. The van der Waals surface area contributed by atoms with E-state index in [9.17, 15) is 13.2 Å². The minimum atomic E-state index is -3.86. The smallest absolute Gasteiger partial charge is 0.243 e. The van der Waals surface area contributed by atoms with Crippen LogP contribution in [0.1, 0.15) is 37.7 Å². The van der Waals surface area contributed by atoms with Crippen LogP contribution in [0.25, 0.3) is 0 Å². The van der Waals surface area contributed by atoms with Crippen molar-refractivity contribution in [1.29, 1.82) is 0 Å². The minimum Gasteiger partial charge on any atom is -0.352 e. The van der Waals surface area contributed by atoms with E-state index in [0.29, 0.717) is 15.6 Å². The SMILES string of the molecule is O=C(CN(Cc1ccc(Cl)c(Cl)c1)S(=O)(=O)c1ccccc1)NC1CCCCC1. The van der Waals surface area contributed by atoms with Crippen LogP contribution in [0, 0.1) is 0 Å². The first-order chi connectivity index (χ1) is 13.9. The molecule has 2 aromatic rings. The molecule has 1 aliphatic rings. The molecule has 3 rings (SSSR count). The van der Waals surface area contributed by atoms with Gasteiger partial charge in [-0.15, -0.1) is 0 Å². The third-order valence-electron chi connectivity index (χ3n) is 5.01. The zero-order chi connectivity index (χ0) is 20.9. The van der Waals surface area contributed by atoms with Crippen molar-refractivity contribution in [2.24, 2.45) is 0 Å². The summed E-state index contributed by atoms with van der Waals surface area (Å²) >= 11 is 12.1. The van der Waals surface area contributed by atoms with Crippen molar-refractivity contribution in [1.82, 2.24) is 9.62 Å². The molecule has 2 aromatic carbocycles. The lowest BCUT2D eigenvalue weighted by atomic mass is 9.95. The second kappa shape index (κ2) is 9.94. The third-order valence-corrected chi connectivity index (χ3v) is 7.56. The number of benzene rings is 2. The van der Waals surface area contributed by atoms with Gasteiger partial charge in [0, 0.05) is 12.6 Å². The molecule has 0 unspecified atom stereocenters. The molecular formula is C21H24Cl2N2O3S. The summed E-state index contributed by atoms with van der Waals surface area (Å²) in [6.45, 7) is -0.236. The predicted molar refractivity (Wildman–Crippen MR) is 116 cm³/mol. The molecule has 0 spiro atoms. The second-order valence-electron chi connectivity index (χ2n) is 7.24. The molecule has 1 fully saturated rings. The largest absolute Gasteiger partial charge is 0.352 e. The molecule has 1 saturated carbocycles. The molecular weight excluding hydrogens is 431 g/mol. The molecule has 5 nitrogen and oxygen atoms in total. The fraction of sp³-hybridized carbons (Fsp3) is 0.381. The van der Waals surface area contributed by atoms with Gasteiger partial charge < -0.3 is 5.32 Å². The molecule has 29 heavy (non-hydrogen) atoms. The predicted octanol–water partition coefficient (Wildman–Crippen LogP) is 4.63. The topological polar surface area (TPSA) is 66.5 Å². The maximum Gasteiger partial charge on any atom is 0.243 e. The summed E-state index contributed by atoms with van der Waals surface area (Å²) in [7, 11) is -3.86. The summed E-state index contributed by atoms with van der Waals surface area (Å²) in [5.74, 6) is -0.295. The lowest BCUT2D eigenvalue weighted by Gasteiger charge is -2.26. The molecule has 1 amide bonds. The first-order valence-corrected chi connectivity index (χ1v) is 11.8. The van der Waals surface area contributed by atoms with Gasteiger partial charge in [0.2, 0.25) is 15.9 Å². The Kier molecular flexibility index (Phi) is 7.57. The monoisotopic (exact) mass is 454 g/mol. The lowest BCUT2D eigenvalue weighted by molar-refractivity contribution is -0.122. The van der Waals surface area contributed by atoms with E-state index < -0.39 is 10.0 Å². The molecule has 0 bridgehead atoms. The van der Waals surface area contributed by atoms with Crippen LogP contribution < -0.4 is 5.32 Å². The first-order valence-electron chi connectivity index (χ1n) is 9.65. The molecule has 0 heterocycles. The van der Waals surface area contributed by atoms with Crippen LogP contribution in [-0.4, -0.2) is 31.2 Å². The van der Waals surface area contributed by atoms with Gasteiger partial charge in [0.1, 0.15) is 0 Å². The number of sulfonamides is 1. The number of nitrogens with one attached hydrogen (secondary N) is 1. The maximum absolute atomic E-state index is 13.2. The number of halogens is 2. The van der Waals surface area contributed by atoms with Crippen molar-refractivity contribution in [3.8, 4) is 0 Å². The Morgan fingerprint density at radius 2 is 1.69 bits per heavy atom. The fourth-order valence-electron chi connectivity index (χ4n) is 3.49. The van der Waals surface area contributed by atoms with Gasteiger partial charge in [0.25, 0.3) is 0 Å². The number of carbonyl (C=O) groups excluding carboxylic acids is 1. The summed E-state index contributed by atoms with van der Waals surface area (Å²) < 4.78 is 27.6. The minimum absolute atomic E-state index is 0.0200. The molecule has 0 saturated heterocycles. The Morgan fingerprint density at radius 3 is 2.34 bits per heavy atom. The maximum atomic E-state index is 13.2. The summed E-state index contributed by atoms with van der Waals surface area (Å²) in [5.41, 5.74) is 0.657. The van der Waals surface area contributed by atoms with Crippen molar-refractivity contribution >= 4 is 39.1 Å². The van der Waals surface area contributed by atoms with Gasteiger partial charge in [-0.25, -0.2) is 8.42 Å². The van der Waals surface area contributed by atoms with E-state index in [1.54, 1.807) is 36.4 Å². The molecule has 156 valence electrons. The number of carbonyl (C=O) groups is 1. The van der Waals surface area contributed by atoms with Gasteiger partial charge in [-0.2, -0.15) is 4.31 Å². The Bertz CT molecular complexity index is 946. The standard InChI is InChI=1S/C21H24Cl2N2O3S/c22-19-12-11-16(13-20(19)23)14-25(29(27,28)18-9-5-2-6-10-18)15-21(26)24-17-7-3-1-4-8-17/h2,5-6,9-13,17H,1,3-4,7-8,14-15H2,(H,24,26). The van der Waals surface area contributed by atoms with Crippen LogP contribution in [0.4, 0.5) is 0 Å². The van der Waals surface area contributed by atoms with Crippen LogP contribution in [-0.2, 0) is 21.4 Å².